The van der Waals surface area contributed by atoms with Crippen LogP contribution in [0.4, 0.5) is 5.69 Å². The van der Waals surface area contributed by atoms with Gasteiger partial charge in [-0.2, -0.15) is 0 Å². The van der Waals surface area contributed by atoms with Crippen molar-refractivity contribution in [2.45, 2.75) is 32.1 Å². The van der Waals surface area contributed by atoms with Crippen LogP contribution in [0.25, 0.3) is 0 Å². The van der Waals surface area contributed by atoms with Crippen LogP contribution in [0.3, 0.4) is 0 Å². The molecule has 0 aromatic heterocycles. The zero-order valence-corrected chi connectivity index (χ0v) is 8.25. The molecule has 0 spiro atoms. The van der Waals surface area contributed by atoms with Gasteiger partial charge in [-0.1, -0.05) is 38.5 Å². The highest BCUT2D eigenvalue weighted by molar-refractivity contribution is 5.84. The Labute approximate surface area is 79.5 Å². The zero-order chi connectivity index (χ0) is 9.31. The van der Waals surface area contributed by atoms with E-state index < -0.39 is 0 Å². The van der Waals surface area contributed by atoms with Crippen LogP contribution in [0.2, 0.25) is 0 Å². The average molecular weight is 173 g/mol. The van der Waals surface area contributed by atoms with Gasteiger partial charge in [-0.3, -0.25) is 4.99 Å². The van der Waals surface area contributed by atoms with Gasteiger partial charge in [0.1, 0.15) is 0 Å². The third-order valence-corrected chi connectivity index (χ3v) is 2.78. The molecule has 1 aromatic rings. The molecule has 2 rings (SSSR count). The second-order valence-electron chi connectivity index (χ2n) is 3.94. The predicted octanol–water partition coefficient (Wildman–Crippen LogP) is 3.46. The quantitative estimate of drug-likeness (QED) is 0.649. The highest BCUT2D eigenvalue weighted by Crippen LogP contribution is 2.39. The van der Waals surface area contributed by atoms with Crippen LogP contribution in [-0.2, 0) is 5.41 Å². The summed E-state index contributed by atoms with van der Waals surface area (Å²) in [7, 11) is 0. The smallest absolute Gasteiger partial charge is 0.0667 e. The SMILES string of the molecule is CCCC1(C)C=Nc2ccccc21. The third-order valence-electron chi connectivity index (χ3n) is 2.78. The molecule has 1 atom stereocenters. The summed E-state index contributed by atoms with van der Waals surface area (Å²) in [4.78, 5) is 4.45. The predicted molar refractivity (Wildman–Crippen MR) is 56.9 cm³/mol. The van der Waals surface area contributed by atoms with Gasteiger partial charge in [0, 0.05) is 11.6 Å². The molecule has 68 valence electrons. The van der Waals surface area contributed by atoms with E-state index in [1.54, 1.807) is 0 Å². The highest BCUT2D eigenvalue weighted by Gasteiger charge is 2.29. The Morgan fingerprint density at radius 2 is 2.08 bits per heavy atom. The van der Waals surface area contributed by atoms with Crippen LogP contribution in [-0.4, -0.2) is 6.21 Å². The Morgan fingerprint density at radius 3 is 2.85 bits per heavy atom. The fourth-order valence-corrected chi connectivity index (χ4v) is 2.07. The van der Waals surface area contributed by atoms with E-state index >= 15 is 0 Å². The molecule has 0 amide bonds. The maximum atomic E-state index is 4.45. The van der Waals surface area contributed by atoms with E-state index in [9.17, 15) is 0 Å². The van der Waals surface area contributed by atoms with Crippen molar-refractivity contribution >= 4 is 11.9 Å². The molecule has 1 heterocycles. The van der Waals surface area contributed by atoms with E-state index in [2.05, 4.69) is 43.3 Å². The van der Waals surface area contributed by atoms with E-state index in [1.165, 1.54) is 18.4 Å². The lowest BCUT2D eigenvalue weighted by Crippen LogP contribution is -2.20. The molecule has 0 bridgehead atoms. The Morgan fingerprint density at radius 1 is 1.31 bits per heavy atom. The van der Waals surface area contributed by atoms with Crippen molar-refractivity contribution in [3.8, 4) is 0 Å². The first kappa shape index (κ1) is 8.49. The summed E-state index contributed by atoms with van der Waals surface area (Å²) in [6, 6.07) is 8.43. The second kappa shape index (κ2) is 2.99. The van der Waals surface area contributed by atoms with E-state index in [4.69, 9.17) is 0 Å². The molecule has 0 radical (unpaired) electrons. The standard InChI is InChI=1S/C12H15N/c1-3-8-12(2)9-13-11-7-5-4-6-10(11)12/h4-7,9H,3,8H2,1-2H3. The summed E-state index contributed by atoms with van der Waals surface area (Å²) in [5.74, 6) is 0. The van der Waals surface area contributed by atoms with E-state index in [0.717, 1.165) is 5.69 Å². The molecule has 13 heavy (non-hydrogen) atoms. The monoisotopic (exact) mass is 173 g/mol. The fourth-order valence-electron chi connectivity index (χ4n) is 2.07. The minimum atomic E-state index is 0.186. The van der Waals surface area contributed by atoms with Gasteiger partial charge in [0.05, 0.1) is 5.69 Å². The van der Waals surface area contributed by atoms with Crippen LogP contribution in [0.15, 0.2) is 29.3 Å². The number of hydrogen-bond acceptors (Lipinski definition) is 1. The van der Waals surface area contributed by atoms with Gasteiger partial charge in [-0.25, -0.2) is 0 Å². The lowest BCUT2D eigenvalue weighted by Gasteiger charge is -2.21. The summed E-state index contributed by atoms with van der Waals surface area (Å²) in [6.45, 7) is 4.49. The minimum absolute atomic E-state index is 0.186. The molecule has 1 aliphatic heterocycles. The van der Waals surface area contributed by atoms with Gasteiger partial charge in [-0.05, 0) is 18.1 Å². The summed E-state index contributed by atoms with van der Waals surface area (Å²) in [6.07, 6.45) is 4.49. The van der Waals surface area contributed by atoms with Crippen LogP contribution in [0.1, 0.15) is 32.3 Å². The molecule has 1 nitrogen and oxygen atoms in total. The highest BCUT2D eigenvalue weighted by atomic mass is 14.8. The van der Waals surface area contributed by atoms with Crippen molar-refractivity contribution in [2.24, 2.45) is 4.99 Å². The topological polar surface area (TPSA) is 12.4 Å². The first-order valence-electron chi connectivity index (χ1n) is 4.91. The summed E-state index contributed by atoms with van der Waals surface area (Å²) >= 11 is 0. The molecule has 1 aromatic carbocycles. The number of para-hydroxylation sites is 1. The number of benzene rings is 1. The van der Waals surface area contributed by atoms with Gasteiger partial charge in [0.2, 0.25) is 0 Å². The van der Waals surface area contributed by atoms with E-state index in [0.29, 0.717) is 0 Å². The molecule has 0 saturated heterocycles. The van der Waals surface area contributed by atoms with Crippen molar-refractivity contribution in [3.63, 3.8) is 0 Å². The second-order valence-corrected chi connectivity index (χ2v) is 3.94. The minimum Gasteiger partial charge on any atom is -0.260 e. The maximum Gasteiger partial charge on any atom is 0.0667 e. The van der Waals surface area contributed by atoms with Gasteiger partial charge in [-0.15, -0.1) is 0 Å². The van der Waals surface area contributed by atoms with Crippen molar-refractivity contribution in [3.05, 3.63) is 29.8 Å². The number of fused-ring (bicyclic) bond motifs is 1. The van der Waals surface area contributed by atoms with Crippen molar-refractivity contribution in [1.82, 2.24) is 0 Å². The maximum absolute atomic E-state index is 4.45. The molecule has 1 unspecified atom stereocenters. The fraction of sp³-hybridized carbons (Fsp3) is 0.417. The van der Waals surface area contributed by atoms with Gasteiger partial charge in [0.15, 0.2) is 0 Å². The Kier molecular flexibility index (Phi) is 1.95. The molecule has 0 N–H and O–H groups in total. The van der Waals surface area contributed by atoms with E-state index in [1.807, 2.05) is 6.07 Å². The first-order chi connectivity index (χ1) is 6.26. The zero-order valence-electron chi connectivity index (χ0n) is 8.25. The van der Waals surface area contributed by atoms with Gasteiger partial charge >= 0.3 is 0 Å². The Balaban J connectivity index is 2.42. The van der Waals surface area contributed by atoms with Crippen LogP contribution in [0, 0.1) is 0 Å². The number of rotatable bonds is 2. The van der Waals surface area contributed by atoms with Gasteiger partial charge < -0.3 is 0 Å². The molecule has 0 fully saturated rings. The van der Waals surface area contributed by atoms with Crippen molar-refractivity contribution in [2.75, 3.05) is 0 Å². The normalized spacial score (nSPS) is 24.8. The van der Waals surface area contributed by atoms with Gasteiger partial charge in [0.25, 0.3) is 0 Å². The molecule has 0 aliphatic carbocycles. The first-order valence-corrected chi connectivity index (χ1v) is 4.91. The molecule has 1 heteroatoms. The molecular formula is C12H15N. The molecular weight excluding hydrogens is 158 g/mol. The lowest BCUT2D eigenvalue weighted by molar-refractivity contribution is 0.586. The Bertz CT molecular complexity index is 341. The summed E-state index contributed by atoms with van der Waals surface area (Å²) in [5.41, 5.74) is 2.72. The number of hydrogen-bond donors (Lipinski definition) is 0. The molecule has 1 aliphatic rings. The number of aliphatic imine (C=N–C) groups is 1. The Hall–Kier alpha value is -1.11. The largest absolute Gasteiger partial charge is 0.260 e. The third kappa shape index (κ3) is 1.28. The summed E-state index contributed by atoms with van der Waals surface area (Å²) < 4.78 is 0. The molecule has 0 saturated carbocycles. The number of nitrogens with zero attached hydrogens (tertiary/aromatic N) is 1. The van der Waals surface area contributed by atoms with Crippen molar-refractivity contribution in [1.29, 1.82) is 0 Å². The lowest BCUT2D eigenvalue weighted by atomic mass is 9.81. The average Bonchev–Trinajstić information content (AvgIpc) is 2.46. The summed E-state index contributed by atoms with van der Waals surface area (Å²) in [5, 5.41) is 0. The van der Waals surface area contributed by atoms with Crippen molar-refractivity contribution < 1.29 is 0 Å². The van der Waals surface area contributed by atoms with Crippen LogP contribution < -0.4 is 0 Å². The van der Waals surface area contributed by atoms with E-state index in [-0.39, 0.29) is 5.41 Å². The van der Waals surface area contributed by atoms with Crippen LogP contribution in [0.5, 0.6) is 0 Å². The van der Waals surface area contributed by atoms with Crippen LogP contribution >= 0.6 is 0 Å².